The van der Waals surface area contributed by atoms with Crippen LogP contribution in [0.3, 0.4) is 0 Å². The van der Waals surface area contributed by atoms with Gasteiger partial charge in [0.2, 0.25) is 5.13 Å². The predicted octanol–water partition coefficient (Wildman–Crippen LogP) is 2.28. The van der Waals surface area contributed by atoms with Gasteiger partial charge in [-0.2, -0.15) is 5.26 Å². The van der Waals surface area contributed by atoms with Crippen LogP contribution < -0.4 is 9.80 Å². The molecule has 12 nitrogen and oxygen atoms in total. The highest BCUT2D eigenvalue weighted by atomic mass is 32.1. The van der Waals surface area contributed by atoms with Crippen molar-refractivity contribution in [1.29, 1.82) is 5.26 Å². The molecule has 4 aromatic rings. The zero-order valence-corrected chi connectivity index (χ0v) is 20.6. The number of fused-ring (bicyclic) bond motifs is 1. The molecule has 1 aromatic carbocycles. The van der Waals surface area contributed by atoms with Crippen LogP contribution >= 0.6 is 11.5 Å². The van der Waals surface area contributed by atoms with Crippen LogP contribution in [0.25, 0.3) is 11.1 Å². The number of halogens is 1. The smallest absolute Gasteiger partial charge is 0.414 e. The van der Waals surface area contributed by atoms with Gasteiger partial charge in [-0.25, -0.2) is 13.9 Å². The Labute approximate surface area is 219 Å². The fourth-order valence-corrected chi connectivity index (χ4v) is 6.19. The van der Waals surface area contributed by atoms with Crippen molar-refractivity contribution < 1.29 is 13.9 Å². The molecule has 0 bridgehead atoms. The van der Waals surface area contributed by atoms with E-state index in [2.05, 4.69) is 41.1 Å². The van der Waals surface area contributed by atoms with Crippen LogP contribution in [0.4, 0.5) is 20.0 Å². The van der Waals surface area contributed by atoms with E-state index in [0.717, 1.165) is 5.13 Å². The monoisotopic (exact) mass is 530 g/mol. The van der Waals surface area contributed by atoms with Crippen LogP contribution in [0.2, 0.25) is 0 Å². The van der Waals surface area contributed by atoms with E-state index in [1.807, 2.05) is 6.07 Å². The number of aromatic nitrogens is 7. The number of rotatable bonds is 6. The van der Waals surface area contributed by atoms with Crippen molar-refractivity contribution in [3.63, 3.8) is 0 Å². The Hall–Kier alpha value is -4.51. The number of nitriles is 1. The highest BCUT2D eigenvalue weighted by Gasteiger charge is 2.71. The Bertz CT molecular complexity index is 1530. The number of carbonyl (C=O) groups excluding carboxylic acids is 1. The Morgan fingerprint density at radius 1 is 1.21 bits per heavy atom. The summed E-state index contributed by atoms with van der Waals surface area (Å²) in [4.78, 5) is 20.5. The first-order valence-electron chi connectivity index (χ1n) is 12.0. The lowest BCUT2D eigenvalue weighted by Crippen LogP contribution is -2.30. The van der Waals surface area contributed by atoms with Crippen molar-refractivity contribution in [3.8, 4) is 17.2 Å². The molecule has 2 aliphatic heterocycles. The van der Waals surface area contributed by atoms with E-state index in [-0.39, 0.29) is 18.4 Å². The second kappa shape index (κ2) is 8.52. The van der Waals surface area contributed by atoms with Crippen LogP contribution in [-0.4, -0.2) is 66.6 Å². The van der Waals surface area contributed by atoms with E-state index in [0.29, 0.717) is 42.1 Å². The van der Waals surface area contributed by atoms with Gasteiger partial charge in [0.15, 0.2) is 0 Å². The second-order valence-corrected chi connectivity index (χ2v) is 10.3. The van der Waals surface area contributed by atoms with Crippen molar-refractivity contribution in [2.45, 2.75) is 18.1 Å². The molecule has 0 radical (unpaired) electrons. The maximum atomic E-state index is 15.2. The lowest BCUT2D eigenvalue weighted by molar-refractivity contribution is 0.129. The number of carbonyl (C=O) groups is 1. The van der Waals surface area contributed by atoms with Gasteiger partial charge in [-0.15, -0.1) is 5.10 Å². The van der Waals surface area contributed by atoms with Gasteiger partial charge in [-0.3, -0.25) is 9.88 Å². The highest BCUT2D eigenvalue weighted by molar-refractivity contribution is 7.09. The number of nitrogens with zero attached hydrogens (tertiary/aromatic N) is 10. The molecular weight excluding hydrogens is 511 g/mol. The molecule has 38 heavy (non-hydrogen) atoms. The first-order chi connectivity index (χ1) is 18.6. The Morgan fingerprint density at radius 2 is 2.08 bits per heavy atom. The molecule has 1 amide bonds. The van der Waals surface area contributed by atoms with Crippen LogP contribution in [-0.2, 0) is 16.7 Å². The molecule has 3 aromatic heterocycles. The molecule has 1 saturated carbocycles. The summed E-state index contributed by atoms with van der Waals surface area (Å²) in [6, 6.07) is 10.7. The summed E-state index contributed by atoms with van der Waals surface area (Å²) in [6.07, 6.45) is 3.88. The van der Waals surface area contributed by atoms with Crippen molar-refractivity contribution in [2.75, 3.05) is 29.4 Å². The number of hydrogen-bond donors (Lipinski definition) is 0. The summed E-state index contributed by atoms with van der Waals surface area (Å²) in [5.41, 5.74) is 1.41. The zero-order chi connectivity index (χ0) is 25.9. The number of ether oxygens (including phenoxy) is 1. The van der Waals surface area contributed by atoms with Gasteiger partial charge in [0.25, 0.3) is 0 Å². The lowest BCUT2D eigenvalue weighted by atomic mass is 9.95. The molecule has 1 unspecified atom stereocenters. The van der Waals surface area contributed by atoms with Crippen molar-refractivity contribution in [2.24, 2.45) is 11.8 Å². The molecule has 4 atom stereocenters. The number of piperidine rings is 1. The third kappa shape index (κ3) is 3.50. The average molecular weight is 531 g/mol. The summed E-state index contributed by atoms with van der Waals surface area (Å²) >= 11 is 1.24. The molecule has 3 aliphatic rings. The summed E-state index contributed by atoms with van der Waals surface area (Å²) in [7, 11) is 0. The van der Waals surface area contributed by atoms with Gasteiger partial charge in [0, 0.05) is 60.0 Å². The van der Waals surface area contributed by atoms with E-state index >= 15 is 4.39 Å². The van der Waals surface area contributed by atoms with Gasteiger partial charge < -0.3 is 9.64 Å². The first-order valence-corrected chi connectivity index (χ1v) is 12.7. The van der Waals surface area contributed by atoms with Crippen LogP contribution in [0.5, 0.6) is 0 Å². The molecular formula is C24H19FN10O2S. The van der Waals surface area contributed by atoms with E-state index < -0.39 is 23.4 Å². The SMILES string of the molecule is N#CC1(c2ccc(-c3ccc(N4C[C@H](Cn5ccnn5)OC4=O)cc3F)cn2)[C@@H]2CN(c3nnns3)C[C@@H]21. The quantitative estimate of drug-likeness (QED) is 0.365. The van der Waals surface area contributed by atoms with Crippen LogP contribution in [0.15, 0.2) is 48.9 Å². The zero-order valence-electron chi connectivity index (χ0n) is 19.8. The van der Waals surface area contributed by atoms with E-state index in [1.54, 1.807) is 41.5 Å². The number of anilines is 2. The van der Waals surface area contributed by atoms with Gasteiger partial charge in [-0.1, -0.05) is 20.9 Å². The summed E-state index contributed by atoms with van der Waals surface area (Å²) in [5.74, 6) is -0.178. The number of hydrogen-bond acceptors (Lipinski definition) is 11. The minimum absolute atomic E-state index is 0.152. The standard InChI is InChI=1S/C24H19FN10O2S/c25-20-7-15(35-10-16(37-23(35)36)9-34-6-5-28-31-34)2-3-17(20)14-1-4-21(27-8-14)24(13-26)18-11-33(12-19(18)24)22-29-30-32-38-22/h1-8,16,18-19H,9-12H2/t16-,18-,19+,24?/m0/s1. The number of pyridine rings is 1. The molecule has 0 spiro atoms. The molecule has 14 heteroatoms. The second-order valence-electron chi connectivity index (χ2n) is 9.58. The maximum Gasteiger partial charge on any atom is 0.414 e. The fraction of sp³-hybridized carbons (Fsp3) is 0.333. The third-order valence-corrected chi connectivity index (χ3v) is 8.28. The minimum Gasteiger partial charge on any atom is -0.442 e. The Kier molecular flexibility index (Phi) is 5.08. The Morgan fingerprint density at radius 3 is 2.74 bits per heavy atom. The van der Waals surface area contributed by atoms with Crippen molar-refractivity contribution in [1.82, 2.24) is 34.8 Å². The summed E-state index contributed by atoms with van der Waals surface area (Å²) < 4.78 is 26.0. The predicted molar refractivity (Wildman–Crippen MR) is 131 cm³/mol. The minimum atomic E-state index is -0.644. The molecule has 0 N–H and O–H groups in total. The number of amides is 1. The lowest BCUT2D eigenvalue weighted by Gasteiger charge is -2.21. The van der Waals surface area contributed by atoms with E-state index in [4.69, 9.17) is 4.74 Å². The molecule has 3 fully saturated rings. The molecule has 190 valence electrons. The van der Waals surface area contributed by atoms with Crippen molar-refractivity contribution >= 4 is 28.4 Å². The van der Waals surface area contributed by atoms with Crippen LogP contribution in [0, 0.1) is 29.0 Å². The van der Waals surface area contributed by atoms with E-state index in [9.17, 15) is 10.1 Å². The van der Waals surface area contributed by atoms with Crippen LogP contribution in [0.1, 0.15) is 5.69 Å². The van der Waals surface area contributed by atoms with E-state index in [1.165, 1.54) is 22.5 Å². The van der Waals surface area contributed by atoms with Gasteiger partial charge >= 0.3 is 6.09 Å². The maximum absolute atomic E-state index is 15.2. The van der Waals surface area contributed by atoms with Crippen molar-refractivity contribution in [3.05, 3.63) is 60.4 Å². The first kappa shape index (κ1) is 22.7. The highest BCUT2D eigenvalue weighted by Crippen LogP contribution is 2.63. The molecule has 5 heterocycles. The molecule has 7 rings (SSSR count). The largest absolute Gasteiger partial charge is 0.442 e. The van der Waals surface area contributed by atoms with Gasteiger partial charge in [0.1, 0.15) is 17.3 Å². The van der Waals surface area contributed by atoms with Gasteiger partial charge in [-0.05, 0) is 29.5 Å². The average Bonchev–Trinajstić information content (AvgIpc) is 3.61. The Balaban J connectivity index is 1.06. The number of benzene rings is 1. The normalized spacial score (nSPS) is 25.8. The topological polar surface area (TPSA) is 139 Å². The summed E-state index contributed by atoms with van der Waals surface area (Å²) in [5, 5.41) is 26.1. The third-order valence-electron chi connectivity index (χ3n) is 7.62. The number of cyclic esters (lactones) is 1. The summed E-state index contributed by atoms with van der Waals surface area (Å²) in [6.45, 7) is 2.05. The fourth-order valence-electron chi connectivity index (χ4n) is 5.71. The van der Waals surface area contributed by atoms with Gasteiger partial charge in [0.05, 0.1) is 36.7 Å². The molecule has 1 aliphatic carbocycles. The molecule has 2 saturated heterocycles.